The second-order valence-electron chi connectivity index (χ2n) is 4.81. The van der Waals surface area contributed by atoms with Gasteiger partial charge in [0.25, 0.3) is 0 Å². The molecule has 0 amide bonds. The average Bonchev–Trinajstić information content (AvgIpc) is 2.49. The summed E-state index contributed by atoms with van der Waals surface area (Å²) >= 11 is 3.94. The van der Waals surface area contributed by atoms with Gasteiger partial charge in [-0.15, -0.1) is 0 Å². The van der Waals surface area contributed by atoms with Crippen LogP contribution in [-0.4, -0.2) is 57.9 Å². The van der Waals surface area contributed by atoms with E-state index in [1.807, 2.05) is 23.5 Å². The Bertz CT molecular complexity index is 236. The molecule has 0 N–H and O–H groups in total. The molecular weight excluding hydrogens is 284 g/mol. The molecule has 0 fully saturated rings. The molecule has 0 bridgehead atoms. The summed E-state index contributed by atoms with van der Waals surface area (Å²) in [5.74, 6) is 2.55. The van der Waals surface area contributed by atoms with Crippen molar-refractivity contribution < 1.29 is 9.15 Å². The lowest BCUT2D eigenvalue weighted by atomic mass is 10.2. The van der Waals surface area contributed by atoms with Gasteiger partial charge in [-0.05, 0) is 40.5 Å². The Hall–Kier alpha value is 0.0400. The van der Waals surface area contributed by atoms with E-state index in [2.05, 4.69) is 47.9 Å². The average molecular weight is 319 g/mol. The molecule has 0 aromatic carbocycles. The van der Waals surface area contributed by atoms with E-state index in [0.29, 0.717) is 0 Å². The summed E-state index contributed by atoms with van der Waals surface area (Å²) in [7, 11) is 0. The Morgan fingerprint density at radius 1 is 0.600 bits per heavy atom. The van der Waals surface area contributed by atoms with E-state index in [1.165, 1.54) is 37.2 Å². The summed E-state index contributed by atoms with van der Waals surface area (Å²) in [5.41, 5.74) is 4.60. The predicted octanol–water partition coefficient (Wildman–Crippen LogP) is 4.17. The molecule has 0 rings (SSSR count). The van der Waals surface area contributed by atoms with Crippen molar-refractivity contribution in [1.82, 2.24) is 0 Å². The number of hydrogen-bond donors (Lipinski definition) is 0. The quantitative estimate of drug-likeness (QED) is 0.217. The van der Waals surface area contributed by atoms with Crippen molar-refractivity contribution in [2.45, 2.75) is 53.4 Å². The van der Waals surface area contributed by atoms with Crippen LogP contribution in [0.2, 0.25) is 0 Å². The number of rotatable bonds is 13. The van der Waals surface area contributed by atoms with Crippen LogP contribution in [0.15, 0.2) is 0 Å². The zero-order chi connectivity index (χ0) is 15.1. The first kappa shape index (κ1) is 20.0. The van der Waals surface area contributed by atoms with Crippen LogP contribution in [0.1, 0.15) is 53.4 Å². The van der Waals surface area contributed by atoms with E-state index in [0.717, 1.165) is 26.2 Å². The number of hydrogen-bond acceptors (Lipinski definition) is 2. The van der Waals surface area contributed by atoms with Gasteiger partial charge in [-0.25, -0.2) is 9.15 Å². The van der Waals surface area contributed by atoms with E-state index >= 15 is 0 Å². The molecule has 0 aliphatic heterocycles. The van der Waals surface area contributed by atoms with E-state index in [1.54, 1.807) is 0 Å². The molecule has 0 saturated heterocycles. The summed E-state index contributed by atoms with van der Waals surface area (Å²) in [6, 6.07) is 0. The first-order valence-corrected chi connectivity index (χ1v) is 10.3. The summed E-state index contributed by atoms with van der Waals surface area (Å²) in [6.07, 6.45) is 5.47. The van der Waals surface area contributed by atoms with Gasteiger partial charge in [0.05, 0.1) is 0 Å². The molecule has 0 atom stereocenters. The maximum atomic E-state index is 2.37. The Balaban J connectivity index is 3.37. The third-order valence-electron chi connectivity index (χ3n) is 3.35. The third-order valence-corrected chi connectivity index (χ3v) is 5.29. The van der Waals surface area contributed by atoms with Crippen LogP contribution < -0.4 is 0 Å². The number of thioether (sulfide) groups is 2. The first-order chi connectivity index (χ1) is 9.78. The van der Waals surface area contributed by atoms with Crippen molar-refractivity contribution in [2.75, 3.05) is 37.7 Å². The number of unbranched alkanes of at least 4 members (excludes halogenated alkanes) is 3. The van der Waals surface area contributed by atoms with Gasteiger partial charge in [0.15, 0.2) is 11.1 Å². The van der Waals surface area contributed by atoms with Crippen LogP contribution in [-0.2, 0) is 0 Å². The van der Waals surface area contributed by atoms with Gasteiger partial charge in [0.2, 0.25) is 0 Å². The molecule has 2 nitrogen and oxygen atoms in total. The molecule has 0 aliphatic rings. The minimum absolute atomic E-state index is 1.13. The molecule has 0 unspecified atom stereocenters. The van der Waals surface area contributed by atoms with Crippen molar-refractivity contribution in [3.63, 3.8) is 0 Å². The highest BCUT2D eigenvalue weighted by atomic mass is 32.2. The van der Waals surface area contributed by atoms with E-state index in [4.69, 9.17) is 0 Å². The fraction of sp³-hybridized carbons (Fsp3) is 0.875. The van der Waals surface area contributed by atoms with E-state index in [-0.39, 0.29) is 0 Å². The van der Waals surface area contributed by atoms with Gasteiger partial charge in [0, 0.05) is 11.5 Å². The molecule has 0 radical (unpaired) electrons. The van der Waals surface area contributed by atoms with Gasteiger partial charge in [-0.1, -0.05) is 36.4 Å². The fourth-order valence-corrected chi connectivity index (χ4v) is 3.76. The van der Waals surface area contributed by atoms with E-state index in [9.17, 15) is 0 Å². The molecule has 0 aromatic rings. The number of nitrogens with zero attached hydrogens (tertiary/aromatic N) is 2. The van der Waals surface area contributed by atoms with Crippen LogP contribution in [0.3, 0.4) is 0 Å². The van der Waals surface area contributed by atoms with Crippen molar-refractivity contribution >= 4 is 34.6 Å². The van der Waals surface area contributed by atoms with Crippen molar-refractivity contribution in [3.8, 4) is 0 Å². The second-order valence-corrected chi connectivity index (χ2v) is 6.71. The maximum Gasteiger partial charge on any atom is 0.197 e. The van der Waals surface area contributed by atoms with Gasteiger partial charge in [-0.2, -0.15) is 0 Å². The molecule has 20 heavy (non-hydrogen) atoms. The monoisotopic (exact) mass is 318 g/mol. The smallest absolute Gasteiger partial charge is 0.197 e. The fourth-order valence-electron chi connectivity index (χ4n) is 1.79. The molecular formula is C16H34N2S2+2. The van der Waals surface area contributed by atoms with Crippen LogP contribution in [0.4, 0.5) is 0 Å². The zero-order valence-electron chi connectivity index (χ0n) is 13.9. The van der Waals surface area contributed by atoms with Crippen LogP contribution in [0.5, 0.6) is 0 Å². The largest absolute Gasteiger partial charge is 0.231 e. The molecule has 4 heteroatoms. The van der Waals surface area contributed by atoms with E-state index < -0.39 is 0 Å². The molecule has 0 heterocycles. The van der Waals surface area contributed by atoms with Crippen molar-refractivity contribution in [3.05, 3.63) is 0 Å². The normalized spacial score (nSPS) is 10.4. The highest BCUT2D eigenvalue weighted by Crippen LogP contribution is 2.08. The van der Waals surface area contributed by atoms with Crippen molar-refractivity contribution in [2.24, 2.45) is 0 Å². The van der Waals surface area contributed by atoms with Gasteiger partial charge < -0.3 is 0 Å². The van der Waals surface area contributed by atoms with Gasteiger partial charge >= 0.3 is 0 Å². The van der Waals surface area contributed by atoms with Gasteiger partial charge in [-0.3, -0.25) is 0 Å². The molecule has 0 saturated carbocycles. The SMILES string of the molecule is CC[N+](=CSCCCCCCSC=[N+](CC)CC)CC. The lowest BCUT2D eigenvalue weighted by molar-refractivity contribution is -0.513. The van der Waals surface area contributed by atoms with Crippen molar-refractivity contribution in [1.29, 1.82) is 0 Å². The second kappa shape index (κ2) is 15.4. The highest BCUT2D eigenvalue weighted by molar-refractivity contribution is 8.12. The summed E-state index contributed by atoms with van der Waals surface area (Å²) in [4.78, 5) is 0. The Morgan fingerprint density at radius 3 is 1.25 bits per heavy atom. The molecule has 0 aromatic heterocycles. The first-order valence-electron chi connectivity index (χ1n) is 8.16. The third kappa shape index (κ3) is 11.8. The lowest BCUT2D eigenvalue weighted by Crippen LogP contribution is -2.10. The summed E-state index contributed by atoms with van der Waals surface area (Å²) in [6.45, 7) is 13.4. The highest BCUT2D eigenvalue weighted by Gasteiger charge is 1.97. The molecule has 118 valence electrons. The van der Waals surface area contributed by atoms with Crippen LogP contribution >= 0.6 is 23.5 Å². The Kier molecular flexibility index (Phi) is 15.5. The molecule has 0 spiro atoms. The molecule has 0 aliphatic carbocycles. The Morgan fingerprint density at radius 2 is 0.950 bits per heavy atom. The minimum atomic E-state index is 1.13. The minimum Gasteiger partial charge on any atom is -0.231 e. The van der Waals surface area contributed by atoms with Gasteiger partial charge in [0.1, 0.15) is 26.2 Å². The summed E-state index contributed by atoms with van der Waals surface area (Å²) in [5, 5.41) is 0. The lowest BCUT2D eigenvalue weighted by Gasteiger charge is -1.99. The Labute approximate surface area is 135 Å². The predicted molar refractivity (Wildman–Crippen MR) is 98.2 cm³/mol. The standard InChI is InChI=1S/C16H34N2S2/c1-5-17(6-2)15-19-13-11-9-10-12-14-20-16-18(7-3)8-4/h15-16H,5-14H2,1-4H3/q+2. The summed E-state index contributed by atoms with van der Waals surface area (Å²) < 4.78 is 4.73. The van der Waals surface area contributed by atoms with Crippen LogP contribution in [0, 0.1) is 0 Å². The zero-order valence-corrected chi connectivity index (χ0v) is 15.6. The van der Waals surface area contributed by atoms with Crippen LogP contribution in [0.25, 0.3) is 0 Å². The topological polar surface area (TPSA) is 6.02 Å². The maximum absolute atomic E-state index is 2.37.